The van der Waals surface area contributed by atoms with E-state index in [1.54, 1.807) is 18.4 Å². The molecule has 0 aliphatic carbocycles. The molecule has 4 rings (SSSR count). The third-order valence-electron chi connectivity index (χ3n) is 4.54. The van der Waals surface area contributed by atoms with Gasteiger partial charge in [0.15, 0.2) is 11.9 Å². The quantitative estimate of drug-likeness (QED) is 0.574. The lowest BCUT2D eigenvalue weighted by Crippen LogP contribution is -2.44. The second-order valence-corrected chi connectivity index (χ2v) is 8.16. The Balaban J connectivity index is 0.000000178. The number of benzene rings is 2. The molecule has 3 aromatic rings. The van der Waals surface area contributed by atoms with Crippen LogP contribution in [0.25, 0.3) is 10.2 Å². The minimum absolute atomic E-state index is 0.310. The molecular formula is C21H26ClN3O2S. The van der Waals surface area contributed by atoms with E-state index in [9.17, 15) is 0 Å². The number of ether oxygens (including phenoxy) is 2. The van der Waals surface area contributed by atoms with Crippen LogP contribution in [0.2, 0.25) is 5.02 Å². The third-order valence-corrected chi connectivity index (χ3v) is 5.85. The SMILES string of the molecule is CN1CCN(c2nc3ccc(Cl)cc3s2)CC1.COCOc1ccccc1C. The maximum absolute atomic E-state index is 5.99. The highest BCUT2D eigenvalue weighted by molar-refractivity contribution is 7.22. The molecule has 5 nitrogen and oxygen atoms in total. The highest BCUT2D eigenvalue weighted by Gasteiger charge is 2.17. The Kier molecular flexibility index (Phi) is 7.50. The second kappa shape index (κ2) is 10.1. The van der Waals surface area contributed by atoms with Crippen LogP contribution in [0.3, 0.4) is 0 Å². The fourth-order valence-electron chi connectivity index (χ4n) is 2.86. The summed E-state index contributed by atoms with van der Waals surface area (Å²) in [6.45, 7) is 6.65. The van der Waals surface area contributed by atoms with E-state index < -0.39 is 0 Å². The number of halogens is 1. The second-order valence-electron chi connectivity index (χ2n) is 6.72. The molecule has 0 N–H and O–H groups in total. The number of anilines is 1. The first-order valence-electron chi connectivity index (χ1n) is 9.24. The van der Waals surface area contributed by atoms with Gasteiger partial charge >= 0.3 is 0 Å². The highest BCUT2D eigenvalue weighted by Crippen LogP contribution is 2.31. The fourth-order valence-corrected chi connectivity index (χ4v) is 4.15. The Labute approximate surface area is 175 Å². The van der Waals surface area contributed by atoms with Crippen molar-refractivity contribution in [3.05, 3.63) is 53.1 Å². The number of nitrogens with zero attached hydrogens (tertiary/aromatic N) is 3. The number of thiazole rings is 1. The van der Waals surface area contributed by atoms with Crippen molar-refractivity contribution in [3.63, 3.8) is 0 Å². The molecule has 1 aliphatic rings. The number of hydrogen-bond donors (Lipinski definition) is 0. The third kappa shape index (κ3) is 5.58. The summed E-state index contributed by atoms with van der Waals surface area (Å²) in [4.78, 5) is 9.38. The van der Waals surface area contributed by atoms with Crippen LogP contribution in [0.4, 0.5) is 5.13 Å². The molecule has 1 fully saturated rings. The van der Waals surface area contributed by atoms with Gasteiger partial charge in [-0.15, -0.1) is 0 Å². The molecule has 0 unspecified atom stereocenters. The normalized spacial score (nSPS) is 14.6. The van der Waals surface area contributed by atoms with Crippen molar-refractivity contribution in [3.8, 4) is 5.75 Å². The topological polar surface area (TPSA) is 37.8 Å². The van der Waals surface area contributed by atoms with Gasteiger partial charge in [-0.3, -0.25) is 0 Å². The lowest BCUT2D eigenvalue weighted by Gasteiger charge is -2.31. The summed E-state index contributed by atoms with van der Waals surface area (Å²) < 4.78 is 11.2. The van der Waals surface area contributed by atoms with E-state index >= 15 is 0 Å². The van der Waals surface area contributed by atoms with Gasteiger partial charge in [0.2, 0.25) is 0 Å². The van der Waals surface area contributed by atoms with E-state index in [0.29, 0.717) is 6.79 Å². The number of methoxy groups -OCH3 is 1. The number of piperazine rings is 1. The first-order valence-corrected chi connectivity index (χ1v) is 10.4. The van der Waals surface area contributed by atoms with Crippen molar-refractivity contribution < 1.29 is 9.47 Å². The van der Waals surface area contributed by atoms with Crippen molar-refractivity contribution in [1.29, 1.82) is 0 Å². The number of rotatable bonds is 4. The van der Waals surface area contributed by atoms with Gasteiger partial charge in [0, 0.05) is 38.3 Å². The van der Waals surface area contributed by atoms with E-state index in [-0.39, 0.29) is 0 Å². The molecule has 1 aliphatic heterocycles. The number of likely N-dealkylation sites (N-methyl/N-ethyl adjacent to an activating group) is 1. The van der Waals surface area contributed by atoms with Gasteiger partial charge in [0.1, 0.15) is 5.75 Å². The van der Waals surface area contributed by atoms with Crippen molar-refractivity contribution >= 4 is 38.3 Å². The van der Waals surface area contributed by atoms with Gasteiger partial charge in [-0.05, 0) is 43.8 Å². The van der Waals surface area contributed by atoms with Gasteiger partial charge in [0.05, 0.1) is 10.2 Å². The van der Waals surface area contributed by atoms with Crippen LogP contribution in [0, 0.1) is 6.92 Å². The molecule has 1 aromatic heterocycles. The molecule has 150 valence electrons. The molecule has 0 atom stereocenters. The van der Waals surface area contributed by atoms with E-state index in [0.717, 1.165) is 53.2 Å². The van der Waals surface area contributed by atoms with Crippen LogP contribution in [-0.4, -0.2) is 57.0 Å². The molecule has 28 heavy (non-hydrogen) atoms. The summed E-state index contributed by atoms with van der Waals surface area (Å²) in [5.41, 5.74) is 2.18. The molecule has 2 aromatic carbocycles. The summed E-state index contributed by atoms with van der Waals surface area (Å²) in [5.74, 6) is 0.884. The first-order chi connectivity index (χ1) is 13.6. The highest BCUT2D eigenvalue weighted by atomic mass is 35.5. The molecule has 2 heterocycles. The van der Waals surface area contributed by atoms with Crippen molar-refractivity contribution in [2.45, 2.75) is 6.92 Å². The molecule has 0 saturated carbocycles. The zero-order valence-corrected chi connectivity index (χ0v) is 18.1. The van der Waals surface area contributed by atoms with Crippen LogP contribution in [0.15, 0.2) is 42.5 Å². The lowest BCUT2D eigenvalue weighted by atomic mass is 10.2. The standard InChI is InChI=1S/C12H14ClN3S.C9H12O2/c1-15-4-6-16(7-5-15)12-14-10-3-2-9(13)8-11(10)17-12;1-8-5-3-4-6-9(8)11-7-10-2/h2-3,8H,4-7H2,1H3;3-6H,7H2,1-2H3. The monoisotopic (exact) mass is 419 g/mol. The van der Waals surface area contributed by atoms with Crippen LogP contribution >= 0.6 is 22.9 Å². The van der Waals surface area contributed by atoms with E-state index in [1.165, 1.54) is 4.70 Å². The summed E-state index contributed by atoms with van der Waals surface area (Å²) in [7, 11) is 3.77. The largest absolute Gasteiger partial charge is 0.467 e. The van der Waals surface area contributed by atoms with E-state index in [1.807, 2.05) is 49.4 Å². The zero-order valence-electron chi connectivity index (χ0n) is 16.5. The van der Waals surface area contributed by atoms with Crippen LogP contribution < -0.4 is 9.64 Å². The number of hydrogen-bond acceptors (Lipinski definition) is 6. The Bertz CT molecular complexity index is 894. The molecule has 0 bridgehead atoms. The van der Waals surface area contributed by atoms with Crippen molar-refractivity contribution in [1.82, 2.24) is 9.88 Å². The van der Waals surface area contributed by atoms with Crippen LogP contribution in [0.5, 0.6) is 5.75 Å². The molecule has 1 saturated heterocycles. The van der Waals surface area contributed by atoms with Crippen molar-refractivity contribution in [2.75, 3.05) is 52.0 Å². The fraction of sp³-hybridized carbons (Fsp3) is 0.381. The summed E-state index contributed by atoms with van der Waals surface area (Å²) >= 11 is 7.72. The number of para-hydroxylation sites is 1. The zero-order chi connectivity index (χ0) is 19.9. The number of aryl methyl sites for hydroxylation is 1. The summed E-state index contributed by atoms with van der Waals surface area (Å²) in [6, 6.07) is 13.7. The Hall–Kier alpha value is -1.86. The van der Waals surface area contributed by atoms with Gasteiger partial charge in [0.25, 0.3) is 0 Å². The molecule has 7 heteroatoms. The molecule has 0 spiro atoms. The maximum Gasteiger partial charge on any atom is 0.188 e. The Morgan fingerprint density at radius 1 is 1.11 bits per heavy atom. The molecule has 0 amide bonds. The summed E-state index contributed by atoms with van der Waals surface area (Å²) in [5, 5.41) is 1.90. The van der Waals surface area contributed by atoms with Crippen LogP contribution in [0.1, 0.15) is 5.56 Å². The van der Waals surface area contributed by atoms with Crippen LogP contribution in [-0.2, 0) is 4.74 Å². The lowest BCUT2D eigenvalue weighted by molar-refractivity contribution is 0.0506. The number of aromatic nitrogens is 1. The Morgan fingerprint density at radius 3 is 2.57 bits per heavy atom. The first kappa shape index (κ1) is 20.9. The predicted octanol–water partition coefficient (Wildman–Crippen LogP) is 4.68. The number of fused-ring (bicyclic) bond motifs is 1. The minimum atomic E-state index is 0.310. The summed E-state index contributed by atoms with van der Waals surface area (Å²) in [6.07, 6.45) is 0. The van der Waals surface area contributed by atoms with Gasteiger partial charge in [-0.25, -0.2) is 4.98 Å². The van der Waals surface area contributed by atoms with E-state index in [4.69, 9.17) is 21.1 Å². The average molecular weight is 420 g/mol. The minimum Gasteiger partial charge on any atom is -0.467 e. The average Bonchev–Trinajstić information content (AvgIpc) is 3.11. The Morgan fingerprint density at radius 2 is 1.86 bits per heavy atom. The molecule has 0 radical (unpaired) electrons. The smallest absolute Gasteiger partial charge is 0.188 e. The van der Waals surface area contributed by atoms with Gasteiger partial charge in [-0.1, -0.05) is 41.1 Å². The molecular weight excluding hydrogens is 394 g/mol. The van der Waals surface area contributed by atoms with Crippen molar-refractivity contribution in [2.24, 2.45) is 0 Å². The maximum atomic E-state index is 5.99. The van der Waals surface area contributed by atoms with Gasteiger partial charge < -0.3 is 19.3 Å². The van der Waals surface area contributed by atoms with E-state index in [2.05, 4.69) is 21.8 Å². The van der Waals surface area contributed by atoms with Gasteiger partial charge in [-0.2, -0.15) is 0 Å². The predicted molar refractivity (Wildman–Crippen MR) is 118 cm³/mol.